The van der Waals surface area contributed by atoms with Gasteiger partial charge in [-0.2, -0.15) is 0 Å². The average molecular weight is 313 g/mol. The molecule has 3 heteroatoms. The first-order valence-corrected chi connectivity index (χ1v) is 8.40. The van der Waals surface area contributed by atoms with E-state index < -0.39 is 0 Å². The Balaban J connectivity index is 2.07. The molecule has 0 saturated heterocycles. The van der Waals surface area contributed by atoms with Gasteiger partial charge in [-0.3, -0.25) is 4.90 Å². The molecular formula is C20H27NO2. The molecule has 1 aromatic rings. The lowest BCUT2D eigenvalue weighted by Crippen LogP contribution is -2.45. The lowest BCUT2D eigenvalue weighted by atomic mass is 9.81. The standard InChI is InChI=1S/C20H27NO2/c1-6-7-15-9-18-17-11-20(23-5)19(22-4)10-16(17)8-14(3)21(18)12-13(15)2/h6-7,10-11,14,18H,8-9,12H2,1-5H3/b7-6-/t14-,18+/m1/s1. The zero-order chi connectivity index (χ0) is 16.6. The Morgan fingerprint density at radius 1 is 1.13 bits per heavy atom. The molecule has 0 aromatic heterocycles. The van der Waals surface area contributed by atoms with Crippen LogP contribution in [0.2, 0.25) is 0 Å². The van der Waals surface area contributed by atoms with E-state index in [9.17, 15) is 0 Å². The predicted octanol–water partition coefficient (Wildman–Crippen LogP) is 4.29. The number of hydrogen-bond donors (Lipinski definition) is 0. The second-order valence-electron chi connectivity index (χ2n) is 6.66. The zero-order valence-corrected chi connectivity index (χ0v) is 14.8. The molecule has 3 rings (SSSR count). The molecule has 2 heterocycles. The molecule has 0 fully saturated rings. The molecule has 124 valence electrons. The summed E-state index contributed by atoms with van der Waals surface area (Å²) in [6.07, 6.45) is 6.56. The van der Waals surface area contributed by atoms with Crippen LogP contribution in [0.3, 0.4) is 0 Å². The molecule has 2 aliphatic rings. The number of nitrogens with zero attached hydrogens (tertiary/aromatic N) is 1. The van der Waals surface area contributed by atoms with Crippen LogP contribution < -0.4 is 9.47 Å². The third kappa shape index (κ3) is 2.78. The maximum Gasteiger partial charge on any atom is 0.161 e. The van der Waals surface area contributed by atoms with Crippen LogP contribution in [-0.4, -0.2) is 31.7 Å². The van der Waals surface area contributed by atoms with E-state index in [1.54, 1.807) is 14.2 Å². The van der Waals surface area contributed by atoms with E-state index in [2.05, 4.69) is 50.0 Å². The third-order valence-electron chi connectivity index (χ3n) is 5.24. The van der Waals surface area contributed by atoms with Gasteiger partial charge in [0.2, 0.25) is 0 Å². The van der Waals surface area contributed by atoms with Crippen LogP contribution in [0.4, 0.5) is 0 Å². The van der Waals surface area contributed by atoms with Gasteiger partial charge >= 0.3 is 0 Å². The summed E-state index contributed by atoms with van der Waals surface area (Å²) in [4.78, 5) is 2.64. The third-order valence-corrected chi connectivity index (χ3v) is 5.24. The van der Waals surface area contributed by atoms with Crippen LogP contribution in [0.1, 0.15) is 44.4 Å². The van der Waals surface area contributed by atoms with Crippen molar-refractivity contribution >= 4 is 0 Å². The van der Waals surface area contributed by atoms with E-state index in [0.717, 1.165) is 30.9 Å². The zero-order valence-electron chi connectivity index (χ0n) is 14.8. The lowest BCUT2D eigenvalue weighted by molar-refractivity contribution is 0.130. The van der Waals surface area contributed by atoms with E-state index in [4.69, 9.17) is 9.47 Å². The highest BCUT2D eigenvalue weighted by Crippen LogP contribution is 2.44. The van der Waals surface area contributed by atoms with Crippen LogP contribution in [0.25, 0.3) is 0 Å². The summed E-state index contributed by atoms with van der Waals surface area (Å²) in [7, 11) is 3.42. The molecule has 0 radical (unpaired) electrons. The van der Waals surface area contributed by atoms with Gasteiger partial charge < -0.3 is 9.47 Å². The lowest BCUT2D eigenvalue weighted by Gasteiger charge is -2.45. The van der Waals surface area contributed by atoms with E-state index >= 15 is 0 Å². The maximum absolute atomic E-state index is 5.53. The van der Waals surface area contributed by atoms with Crippen LogP contribution in [0, 0.1) is 0 Å². The highest BCUT2D eigenvalue weighted by molar-refractivity contribution is 5.51. The largest absolute Gasteiger partial charge is 0.493 e. The Morgan fingerprint density at radius 2 is 1.83 bits per heavy atom. The number of benzene rings is 1. The molecule has 2 aliphatic heterocycles. The molecule has 2 atom stereocenters. The molecule has 1 aromatic carbocycles. The molecule has 0 unspecified atom stereocenters. The van der Waals surface area contributed by atoms with E-state index in [1.807, 2.05) is 0 Å². The van der Waals surface area contributed by atoms with Crippen molar-refractivity contribution in [2.45, 2.75) is 45.7 Å². The second kappa shape index (κ2) is 6.40. The first-order chi connectivity index (χ1) is 11.1. The van der Waals surface area contributed by atoms with E-state index in [-0.39, 0.29) is 0 Å². The summed E-state index contributed by atoms with van der Waals surface area (Å²) >= 11 is 0. The number of methoxy groups -OCH3 is 2. The summed E-state index contributed by atoms with van der Waals surface area (Å²) < 4.78 is 11.0. The van der Waals surface area contributed by atoms with Gasteiger partial charge in [0.15, 0.2) is 11.5 Å². The molecule has 0 N–H and O–H groups in total. The summed E-state index contributed by atoms with van der Waals surface area (Å²) in [5.74, 6) is 1.67. The van der Waals surface area contributed by atoms with Crippen molar-refractivity contribution in [3.05, 3.63) is 46.6 Å². The van der Waals surface area contributed by atoms with Gasteiger partial charge in [-0.1, -0.05) is 17.7 Å². The summed E-state index contributed by atoms with van der Waals surface area (Å²) in [5.41, 5.74) is 5.77. The Morgan fingerprint density at radius 3 is 2.48 bits per heavy atom. The van der Waals surface area contributed by atoms with Gasteiger partial charge in [0, 0.05) is 18.6 Å². The molecule has 23 heavy (non-hydrogen) atoms. The molecule has 0 aliphatic carbocycles. The van der Waals surface area contributed by atoms with Gasteiger partial charge in [0.25, 0.3) is 0 Å². The van der Waals surface area contributed by atoms with Crippen molar-refractivity contribution in [3.8, 4) is 11.5 Å². The minimum absolute atomic E-state index is 0.434. The van der Waals surface area contributed by atoms with Crippen molar-refractivity contribution in [2.75, 3.05) is 20.8 Å². The normalized spacial score (nSPS) is 24.6. The van der Waals surface area contributed by atoms with Crippen molar-refractivity contribution in [1.29, 1.82) is 0 Å². The molecule has 0 amide bonds. The fourth-order valence-corrected chi connectivity index (χ4v) is 4.01. The Labute approximate surface area is 139 Å². The number of ether oxygens (including phenoxy) is 2. The summed E-state index contributed by atoms with van der Waals surface area (Å²) in [6, 6.07) is 5.34. The van der Waals surface area contributed by atoms with Gasteiger partial charge in [-0.25, -0.2) is 0 Å². The Hall–Kier alpha value is -1.74. The Kier molecular flexibility index (Phi) is 4.49. The second-order valence-corrected chi connectivity index (χ2v) is 6.66. The van der Waals surface area contributed by atoms with Crippen LogP contribution >= 0.6 is 0 Å². The average Bonchev–Trinajstić information content (AvgIpc) is 2.55. The first-order valence-electron chi connectivity index (χ1n) is 8.40. The van der Waals surface area contributed by atoms with Crippen molar-refractivity contribution in [3.63, 3.8) is 0 Å². The fourth-order valence-electron chi connectivity index (χ4n) is 4.01. The topological polar surface area (TPSA) is 21.7 Å². The molecule has 3 nitrogen and oxygen atoms in total. The first kappa shape index (κ1) is 16.1. The molecule has 0 saturated carbocycles. The SMILES string of the molecule is C/C=C\C1=C(C)CN2[C@H](C)Cc3cc(OC)c(OC)cc3[C@@H]2C1. The molecule has 0 bridgehead atoms. The van der Waals surface area contributed by atoms with Crippen LogP contribution in [0.5, 0.6) is 11.5 Å². The minimum atomic E-state index is 0.434. The van der Waals surface area contributed by atoms with Crippen molar-refractivity contribution < 1.29 is 9.47 Å². The maximum atomic E-state index is 5.53. The van der Waals surface area contributed by atoms with Crippen LogP contribution in [-0.2, 0) is 6.42 Å². The highest BCUT2D eigenvalue weighted by atomic mass is 16.5. The number of fused-ring (bicyclic) bond motifs is 3. The summed E-state index contributed by atoms with van der Waals surface area (Å²) in [5, 5.41) is 0. The fraction of sp³-hybridized carbons (Fsp3) is 0.500. The van der Waals surface area contributed by atoms with Gasteiger partial charge in [0.05, 0.1) is 14.2 Å². The molecular weight excluding hydrogens is 286 g/mol. The summed E-state index contributed by atoms with van der Waals surface area (Å²) in [6.45, 7) is 7.75. The number of rotatable bonds is 3. The number of hydrogen-bond acceptors (Lipinski definition) is 3. The van der Waals surface area contributed by atoms with Crippen molar-refractivity contribution in [1.82, 2.24) is 4.90 Å². The van der Waals surface area contributed by atoms with Crippen LogP contribution in [0.15, 0.2) is 35.4 Å². The quantitative estimate of drug-likeness (QED) is 0.831. The van der Waals surface area contributed by atoms with Gasteiger partial charge in [0.1, 0.15) is 0 Å². The monoisotopic (exact) mass is 313 g/mol. The van der Waals surface area contributed by atoms with E-state index in [1.165, 1.54) is 22.3 Å². The number of allylic oxidation sites excluding steroid dienone is 2. The molecule has 0 spiro atoms. The van der Waals surface area contributed by atoms with Crippen molar-refractivity contribution in [2.24, 2.45) is 0 Å². The van der Waals surface area contributed by atoms with E-state index in [0.29, 0.717) is 12.1 Å². The van der Waals surface area contributed by atoms with Gasteiger partial charge in [-0.15, -0.1) is 0 Å². The highest BCUT2D eigenvalue weighted by Gasteiger charge is 2.36. The predicted molar refractivity (Wildman–Crippen MR) is 94.3 cm³/mol. The van der Waals surface area contributed by atoms with Gasteiger partial charge in [-0.05, 0) is 62.4 Å². The Bertz CT molecular complexity index is 660. The smallest absolute Gasteiger partial charge is 0.161 e. The minimum Gasteiger partial charge on any atom is -0.493 e.